The van der Waals surface area contributed by atoms with E-state index < -0.39 is 0 Å². The Bertz CT molecular complexity index is 588. The maximum Gasteiger partial charge on any atom is 0.148 e. The van der Waals surface area contributed by atoms with Gasteiger partial charge in [-0.05, 0) is 74.5 Å². The lowest BCUT2D eigenvalue weighted by Crippen LogP contribution is -1.98. The second kappa shape index (κ2) is 5.97. The summed E-state index contributed by atoms with van der Waals surface area (Å²) in [6, 6.07) is 10.0. The molecule has 2 aromatic rings. The second-order valence-electron chi connectivity index (χ2n) is 4.52. The number of halogens is 2. The number of anilines is 1. The van der Waals surface area contributed by atoms with E-state index in [2.05, 4.69) is 63.9 Å². The minimum absolute atomic E-state index is 0.530. The Morgan fingerprint density at radius 1 is 1.00 bits per heavy atom. The van der Waals surface area contributed by atoms with Gasteiger partial charge in [0.05, 0.1) is 8.95 Å². The smallest absolute Gasteiger partial charge is 0.148 e. The fraction of sp³-hybridized carbons (Fsp3) is 0.200. The first-order valence-electron chi connectivity index (χ1n) is 5.91. The Kier molecular flexibility index (Phi) is 4.53. The summed E-state index contributed by atoms with van der Waals surface area (Å²) in [6.07, 6.45) is 0. The molecule has 0 saturated carbocycles. The van der Waals surface area contributed by atoms with Crippen molar-refractivity contribution in [3.63, 3.8) is 0 Å². The van der Waals surface area contributed by atoms with Gasteiger partial charge in [-0.3, -0.25) is 0 Å². The van der Waals surface area contributed by atoms with Gasteiger partial charge in [0.15, 0.2) is 0 Å². The third-order valence-electron chi connectivity index (χ3n) is 2.98. The van der Waals surface area contributed by atoms with E-state index in [1.165, 1.54) is 11.1 Å². The van der Waals surface area contributed by atoms with Crippen LogP contribution in [-0.4, -0.2) is 0 Å². The van der Waals surface area contributed by atoms with Crippen molar-refractivity contribution < 1.29 is 4.74 Å². The molecule has 2 nitrogen and oxygen atoms in total. The number of nitrogen functional groups attached to an aromatic ring is 1. The van der Waals surface area contributed by atoms with Crippen LogP contribution in [0.5, 0.6) is 5.75 Å². The topological polar surface area (TPSA) is 35.2 Å². The summed E-state index contributed by atoms with van der Waals surface area (Å²) in [4.78, 5) is 0. The first kappa shape index (κ1) is 14.4. The maximum atomic E-state index is 5.85. The molecule has 100 valence electrons. The summed E-state index contributed by atoms with van der Waals surface area (Å²) in [5.74, 6) is 0.771. The number of hydrogen-bond donors (Lipinski definition) is 1. The zero-order chi connectivity index (χ0) is 14.0. The van der Waals surface area contributed by atoms with Gasteiger partial charge in [0.2, 0.25) is 0 Å². The maximum absolute atomic E-state index is 5.85. The Morgan fingerprint density at radius 3 is 2.21 bits per heavy atom. The average Bonchev–Trinajstić information content (AvgIpc) is 2.32. The summed E-state index contributed by atoms with van der Waals surface area (Å²) in [5.41, 5.74) is 10.2. The zero-order valence-electron chi connectivity index (χ0n) is 10.8. The predicted octanol–water partition coefficient (Wildman–Crippen LogP) is 4.99. The monoisotopic (exact) mass is 383 g/mol. The summed E-state index contributed by atoms with van der Waals surface area (Å²) >= 11 is 6.93. The van der Waals surface area contributed by atoms with E-state index in [0.717, 1.165) is 20.3 Å². The molecule has 0 radical (unpaired) electrons. The van der Waals surface area contributed by atoms with Gasteiger partial charge in [-0.15, -0.1) is 0 Å². The molecule has 0 bridgehead atoms. The van der Waals surface area contributed by atoms with Crippen molar-refractivity contribution >= 4 is 37.5 Å². The fourth-order valence-electron chi connectivity index (χ4n) is 1.77. The number of aryl methyl sites for hydroxylation is 2. The standard InChI is InChI=1S/C15H15Br2NO/c1-9-3-4-11(5-10(9)2)8-19-15-13(16)6-12(18)7-14(15)17/h3-7H,8,18H2,1-2H3. The highest BCUT2D eigenvalue weighted by atomic mass is 79.9. The second-order valence-corrected chi connectivity index (χ2v) is 6.23. The number of nitrogens with two attached hydrogens (primary N) is 1. The van der Waals surface area contributed by atoms with Crippen LogP contribution in [0.3, 0.4) is 0 Å². The van der Waals surface area contributed by atoms with Crippen molar-refractivity contribution in [2.75, 3.05) is 5.73 Å². The Morgan fingerprint density at radius 2 is 1.63 bits per heavy atom. The van der Waals surface area contributed by atoms with E-state index in [9.17, 15) is 0 Å². The molecule has 0 aliphatic carbocycles. The molecule has 0 amide bonds. The molecule has 2 N–H and O–H groups in total. The lowest BCUT2D eigenvalue weighted by molar-refractivity contribution is 0.302. The Balaban J connectivity index is 2.16. The van der Waals surface area contributed by atoms with Crippen molar-refractivity contribution in [3.8, 4) is 5.75 Å². The van der Waals surface area contributed by atoms with Crippen molar-refractivity contribution in [1.29, 1.82) is 0 Å². The lowest BCUT2D eigenvalue weighted by Gasteiger charge is -2.12. The third-order valence-corrected chi connectivity index (χ3v) is 4.15. The molecule has 0 heterocycles. The summed E-state index contributed by atoms with van der Waals surface area (Å²) in [7, 11) is 0. The minimum Gasteiger partial charge on any atom is -0.487 e. The first-order chi connectivity index (χ1) is 8.97. The number of rotatable bonds is 3. The average molecular weight is 385 g/mol. The molecule has 0 fully saturated rings. The molecule has 0 aliphatic rings. The summed E-state index contributed by atoms with van der Waals surface area (Å²) in [6.45, 7) is 4.74. The van der Waals surface area contributed by atoms with Crippen LogP contribution in [-0.2, 0) is 6.61 Å². The van der Waals surface area contributed by atoms with Crippen LogP contribution in [0.2, 0.25) is 0 Å². The zero-order valence-corrected chi connectivity index (χ0v) is 14.0. The highest BCUT2D eigenvalue weighted by Gasteiger charge is 2.08. The molecule has 0 saturated heterocycles. The molecular formula is C15H15Br2NO. The first-order valence-corrected chi connectivity index (χ1v) is 7.49. The van der Waals surface area contributed by atoms with E-state index in [1.54, 1.807) is 0 Å². The van der Waals surface area contributed by atoms with E-state index in [0.29, 0.717) is 12.3 Å². The van der Waals surface area contributed by atoms with E-state index in [-0.39, 0.29) is 0 Å². The number of hydrogen-bond acceptors (Lipinski definition) is 2. The molecule has 19 heavy (non-hydrogen) atoms. The van der Waals surface area contributed by atoms with E-state index >= 15 is 0 Å². The van der Waals surface area contributed by atoms with Gasteiger partial charge >= 0.3 is 0 Å². The van der Waals surface area contributed by atoms with E-state index in [1.807, 2.05) is 12.1 Å². The van der Waals surface area contributed by atoms with Crippen LogP contribution in [0.4, 0.5) is 5.69 Å². The van der Waals surface area contributed by atoms with E-state index in [4.69, 9.17) is 10.5 Å². The molecule has 2 rings (SSSR count). The molecule has 4 heteroatoms. The highest BCUT2D eigenvalue weighted by molar-refractivity contribution is 9.11. The van der Waals surface area contributed by atoms with Gasteiger partial charge in [0.1, 0.15) is 12.4 Å². The molecular weight excluding hydrogens is 370 g/mol. The van der Waals surface area contributed by atoms with Crippen LogP contribution in [0.15, 0.2) is 39.3 Å². The Labute approximate surface area is 130 Å². The largest absolute Gasteiger partial charge is 0.487 e. The quantitative estimate of drug-likeness (QED) is 0.756. The van der Waals surface area contributed by atoms with Gasteiger partial charge in [0.25, 0.3) is 0 Å². The van der Waals surface area contributed by atoms with Gasteiger partial charge < -0.3 is 10.5 Å². The van der Waals surface area contributed by atoms with Crippen molar-refractivity contribution in [3.05, 3.63) is 56.0 Å². The highest BCUT2D eigenvalue weighted by Crippen LogP contribution is 2.36. The molecule has 2 aromatic carbocycles. The molecule has 0 aliphatic heterocycles. The van der Waals surface area contributed by atoms with Crippen LogP contribution in [0.25, 0.3) is 0 Å². The van der Waals surface area contributed by atoms with Gasteiger partial charge in [-0.2, -0.15) is 0 Å². The minimum atomic E-state index is 0.530. The number of ether oxygens (including phenoxy) is 1. The normalized spacial score (nSPS) is 10.5. The number of benzene rings is 2. The Hall–Kier alpha value is -1.000. The summed E-state index contributed by atoms with van der Waals surface area (Å²) in [5, 5.41) is 0. The van der Waals surface area contributed by atoms with Crippen molar-refractivity contribution in [1.82, 2.24) is 0 Å². The van der Waals surface area contributed by atoms with Crippen molar-refractivity contribution in [2.45, 2.75) is 20.5 Å². The van der Waals surface area contributed by atoms with Gasteiger partial charge in [-0.1, -0.05) is 18.2 Å². The van der Waals surface area contributed by atoms with Gasteiger partial charge in [-0.25, -0.2) is 0 Å². The molecule has 0 spiro atoms. The SMILES string of the molecule is Cc1ccc(COc2c(Br)cc(N)cc2Br)cc1C. The molecule has 0 unspecified atom stereocenters. The van der Waals surface area contributed by atoms with Crippen LogP contribution >= 0.6 is 31.9 Å². The van der Waals surface area contributed by atoms with Crippen molar-refractivity contribution in [2.24, 2.45) is 0 Å². The summed E-state index contributed by atoms with van der Waals surface area (Å²) < 4.78 is 7.55. The molecule has 0 atom stereocenters. The van der Waals surface area contributed by atoms with Crippen LogP contribution < -0.4 is 10.5 Å². The fourth-order valence-corrected chi connectivity index (χ4v) is 3.22. The predicted molar refractivity (Wildman–Crippen MR) is 86.5 cm³/mol. The molecule has 0 aromatic heterocycles. The van der Waals surface area contributed by atoms with Gasteiger partial charge in [0, 0.05) is 5.69 Å². The third kappa shape index (κ3) is 3.51. The van der Waals surface area contributed by atoms with Crippen LogP contribution in [0.1, 0.15) is 16.7 Å². The lowest BCUT2D eigenvalue weighted by atomic mass is 10.1. The van der Waals surface area contributed by atoms with Crippen LogP contribution in [0, 0.1) is 13.8 Å².